The largest absolute Gasteiger partial charge is 0.508 e. The fourth-order valence-electron chi connectivity index (χ4n) is 3.18. The van der Waals surface area contributed by atoms with Gasteiger partial charge in [0.05, 0.1) is 32.7 Å². The van der Waals surface area contributed by atoms with E-state index in [-0.39, 0.29) is 23.0 Å². The van der Waals surface area contributed by atoms with Crippen molar-refractivity contribution in [3.05, 3.63) is 12.1 Å². The topological polar surface area (TPSA) is 202 Å². The lowest BCUT2D eigenvalue weighted by molar-refractivity contribution is -0.279. The first-order valence-electron chi connectivity index (χ1n) is 9.79. The van der Waals surface area contributed by atoms with Crippen molar-refractivity contribution in [2.24, 2.45) is 0 Å². The van der Waals surface area contributed by atoms with Crippen LogP contribution < -0.4 is 14.2 Å². The number of phenolic OH excluding ortho intramolecular Hbond substituents is 1. The van der Waals surface area contributed by atoms with E-state index in [0.717, 1.165) is 6.92 Å². The van der Waals surface area contributed by atoms with Gasteiger partial charge in [0.15, 0.2) is 11.5 Å². The number of esters is 1. The number of ether oxygens (including phenoxy) is 5. The van der Waals surface area contributed by atoms with E-state index in [1.54, 1.807) is 0 Å². The number of carbonyl (C=O) groups excluding carboxylic acids is 1. The lowest BCUT2D eigenvalue weighted by atomic mass is 9.98. The number of carboxylic acid groups (broad SMARTS) is 1. The Morgan fingerprint density at radius 2 is 1.61 bits per heavy atom. The number of aliphatic hydroxyl groups is 4. The first kappa shape index (κ1) is 26.4. The van der Waals surface area contributed by atoms with E-state index in [2.05, 4.69) is 0 Å². The van der Waals surface area contributed by atoms with E-state index in [1.807, 2.05) is 0 Å². The van der Waals surface area contributed by atoms with Crippen molar-refractivity contribution >= 4 is 11.9 Å². The fraction of sp³-hybridized carbons (Fsp3) is 0.600. The van der Waals surface area contributed by atoms with Crippen LogP contribution in [0.15, 0.2) is 12.1 Å². The quantitative estimate of drug-likeness (QED) is 0.219. The molecule has 0 saturated carbocycles. The molecule has 1 heterocycles. The molecule has 1 aliphatic rings. The van der Waals surface area contributed by atoms with Gasteiger partial charge in [0.2, 0.25) is 12.0 Å². The van der Waals surface area contributed by atoms with Crippen molar-refractivity contribution in [1.29, 1.82) is 0 Å². The van der Waals surface area contributed by atoms with Gasteiger partial charge in [-0.3, -0.25) is 9.59 Å². The van der Waals surface area contributed by atoms with Crippen molar-refractivity contribution < 1.29 is 63.9 Å². The Labute approximate surface area is 188 Å². The summed E-state index contributed by atoms with van der Waals surface area (Å²) >= 11 is 0. The number of methoxy groups -OCH3 is 2. The second-order valence-corrected chi connectivity index (χ2v) is 7.74. The molecule has 13 nitrogen and oxygen atoms in total. The normalized spacial score (nSPS) is 26.7. The molecule has 1 aliphatic heterocycles. The molecular weight excluding hydrogens is 448 g/mol. The summed E-state index contributed by atoms with van der Waals surface area (Å²) in [6.07, 6.45) is -9.42. The predicted molar refractivity (Wildman–Crippen MR) is 107 cm³/mol. The van der Waals surface area contributed by atoms with E-state index >= 15 is 0 Å². The van der Waals surface area contributed by atoms with Crippen molar-refractivity contribution in [2.45, 2.75) is 56.1 Å². The Hall–Kier alpha value is -2.84. The molecule has 2 rings (SSSR count). The van der Waals surface area contributed by atoms with Gasteiger partial charge < -0.3 is 54.3 Å². The zero-order valence-electron chi connectivity index (χ0n) is 18.2. The fourth-order valence-corrected chi connectivity index (χ4v) is 3.18. The highest BCUT2D eigenvalue weighted by molar-refractivity contribution is 5.73. The van der Waals surface area contributed by atoms with Crippen molar-refractivity contribution in [2.75, 3.05) is 20.8 Å². The first-order chi connectivity index (χ1) is 15.4. The zero-order valence-corrected chi connectivity index (χ0v) is 18.2. The van der Waals surface area contributed by atoms with Crippen LogP contribution in [0.2, 0.25) is 0 Å². The van der Waals surface area contributed by atoms with Crippen LogP contribution in [-0.4, -0.2) is 99.7 Å². The smallest absolute Gasteiger partial charge is 0.308 e. The molecule has 0 radical (unpaired) electrons. The van der Waals surface area contributed by atoms with Gasteiger partial charge in [-0.1, -0.05) is 0 Å². The Bertz CT molecular complexity index is 814. The van der Waals surface area contributed by atoms with Gasteiger partial charge in [-0.05, 0) is 6.92 Å². The molecule has 0 bridgehead atoms. The van der Waals surface area contributed by atoms with Gasteiger partial charge in [0.1, 0.15) is 36.8 Å². The van der Waals surface area contributed by atoms with Crippen LogP contribution in [0.5, 0.6) is 23.0 Å². The maximum absolute atomic E-state index is 12.0. The molecule has 0 amide bonds. The number of hydrogen-bond acceptors (Lipinski definition) is 12. The van der Waals surface area contributed by atoms with Crippen LogP contribution in [0.3, 0.4) is 0 Å². The highest BCUT2D eigenvalue weighted by Gasteiger charge is 2.46. The van der Waals surface area contributed by atoms with E-state index < -0.39 is 67.7 Å². The number of carbonyl (C=O) groups is 2. The number of aliphatic hydroxyl groups excluding tert-OH is 3. The molecule has 1 saturated heterocycles. The van der Waals surface area contributed by atoms with Gasteiger partial charge in [-0.25, -0.2) is 0 Å². The van der Waals surface area contributed by atoms with Crippen LogP contribution in [-0.2, 0) is 19.1 Å². The Kier molecular flexibility index (Phi) is 8.69. The number of benzene rings is 1. The van der Waals surface area contributed by atoms with Crippen LogP contribution in [0.25, 0.3) is 0 Å². The summed E-state index contributed by atoms with van der Waals surface area (Å²) in [4.78, 5) is 22.7. The van der Waals surface area contributed by atoms with E-state index in [4.69, 9.17) is 28.8 Å². The van der Waals surface area contributed by atoms with Gasteiger partial charge >= 0.3 is 11.9 Å². The summed E-state index contributed by atoms with van der Waals surface area (Å²) < 4.78 is 26.3. The average molecular weight is 476 g/mol. The number of hydrogen-bond donors (Lipinski definition) is 6. The summed E-state index contributed by atoms with van der Waals surface area (Å²) in [5.41, 5.74) is -1.86. The number of aliphatic carboxylic acids is 1. The van der Waals surface area contributed by atoms with Gasteiger partial charge in [0, 0.05) is 12.1 Å². The molecule has 13 heteroatoms. The Balaban J connectivity index is 2.11. The monoisotopic (exact) mass is 476 g/mol. The third-order valence-corrected chi connectivity index (χ3v) is 4.81. The number of carboxylic acids is 1. The minimum atomic E-state index is -1.86. The second kappa shape index (κ2) is 10.9. The maximum atomic E-state index is 12.0. The van der Waals surface area contributed by atoms with Crippen LogP contribution >= 0.6 is 0 Å². The molecule has 0 spiro atoms. The molecule has 0 aromatic heterocycles. The summed E-state index contributed by atoms with van der Waals surface area (Å²) in [5.74, 6) is -2.52. The van der Waals surface area contributed by atoms with Gasteiger partial charge in [0.25, 0.3) is 0 Å². The highest BCUT2D eigenvalue weighted by Crippen LogP contribution is 2.42. The maximum Gasteiger partial charge on any atom is 0.308 e. The summed E-state index contributed by atoms with van der Waals surface area (Å²) in [6.45, 7) is 0.549. The minimum absolute atomic E-state index is 0.0203. The van der Waals surface area contributed by atoms with Crippen LogP contribution in [0.4, 0.5) is 0 Å². The highest BCUT2D eigenvalue weighted by atomic mass is 16.7. The lowest BCUT2D eigenvalue weighted by Gasteiger charge is -2.40. The molecule has 33 heavy (non-hydrogen) atoms. The van der Waals surface area contributed by atoms with Crippen molar-refractivity contribution in [1.82, 2.24) is 0 Å². The molecule has 1 fully saturated rings. The first-order valence-corrected chi connectivity index (χ1v) is 9.79. The summed E-state index contributed by atoms with van der Waals surface area (Å²) in [7, 11) is 2.58. The van der Waals surface area contributed by atoms with Gasteiger partial charge in [-0.2, -0.15) is 0 Å². The van der Waals surface area contributed by atoms with E-state index in [1.165, 1.54) is 26.4 Å². The summed E-state index contributed by atoms with van der Waals surface area (Å²) in [6, 6.07) is 2.42. The molecule has 1 unspecified atom stereocenters. The van der Waals surface area contributed by atoms with Crippen molar-refractivity contribution in [3.8, 4) is 23.0 Å². The summed E-state index contributed by atoms with van der Waals surface area (Å²) in [5, 5.41) is 59.2. The Morgan fingerprint density at radius 3 is 2.12 bits per heavy atom. The third-order valence-electron chi connectivity index (χ3n) is 4.81. The van der Waals surface area contributed by atoms with Crippen LogP contribution in [0, 0.1) is 0 Å². The van der Waals surface area contributed by atoms with Gasteiger partial charge in [-0.15, -0.1) is 0 Å². The SMILES string of the molecule is COc1cc(O)cc(OC)c1O[C@H]1O[C@@H](COC(=O)CC(C)(O)CC(=O)O)[C@H](O)[C@H](O)[C@@H]1O. The Morgan fingerprint density at radius 1 is 1.03 bits per heavy atom. The molecule has 6 N–H and O–H groups in total. The third kappa shape index (κ3) is 6.82. The molecule has 1 aromatic rings. The number of rotatable bonds is 10. The molecule has 0 aliphatic carbocycles. The van der Waals surface area contributed by atoms with Crippen LogP contribution in [0.1, 0.15) is 19.8 Å². The molecule has 186 valence electrons. The number of aromatic hydroxyl groups is 1. The average Bonchev–Trinajstić information content (AvgIpc) is 2.72. The van der Waals surface area contributed by atoms with E-state index in [9.17, 15) is 35.1 Å². The second-order valence-electron chi connectivity index (χ2n) is 7.74. The number of phenols is 1. The minimum Gasteiger partial charge on any atom is -0.508 e. The lowest BCUT2D eigenvalue weighted by Crippen LogP contribution is -2.60. The molecular formula is C20H28O13. The van der Waals surface area contributed by atoms with Crippen molar-refractivity contribution in [3.63, 3.8) is 0 Å². The standard InChI is InChI=1S/C20H28O13/c1-20(28,6-13(22)23)7-14(24)31-8-12-15(25)16(26)17(27)19(32-12)33-18-10(29-2)4-9(21)5-11(18)30-3/h4-5,12,15-17,19,21,25-28H,6-8H2,1-3H3,(H,22,23)/t12-,15-,16-,17-,19+,20?/m0/s1. The molecule has 1 aromatic carbocycles. The van der Waals surface area contributed by atoms with E-state index in [0.29, 0.717) is 0 Å². The zero-order chi connectivity index (χ0) is 24.9. The molecule has 6 atom stereocenters. The predicted octanol–water partition coefficient (Wildman–Crippen LogP) is -1.25.